The van der Waals surface area contributed by atoms with Crippen LogP contribution in [-0.2, 0) is 0 Å². The van der Waals surface area contributed by atoms with E-state index >= 15 is 0 Å². The van der Waals surface area contributed by atoms with Gasteiger partial charge in [0.15, 0.2) is 5.82 Å². The summed E-state index contributed by atoms with van der Waals surface area (Å²) in [6, 6.07) is 6.68. The number of nitrogens with zero attached hydrogens (tertiary/aromatic N) is 6. The SMILES string of the molecule is Cc1ccc(/C=C(\C#N)c2nc(N)nc(N(C)C)n2)cc1[N+](=O)[O-]. The van der Waals surface area contributed by atoms with E-state index in [0.717, 1.165) is 0 Å². The number of nitro benzene ring substituents is 1. The molecule has 0 fully saturated rings. The molecule has 0 aliphatic carbocycles. The molecule has 24 heavy (non-hydrogen) atoms. The first-order chi connectivity index (χ1) is 11.3. The van der Waals surface area contributed by atoms with Crippen molar-refractivity contribution in [1.82, 2.24) is 15.0 Å². The second-order valence-corrected chi connectivity index (χ2v) is 5.18. The molecular weight excluding hydrogens is 310 g/mol. The van der Waals surface area contributed by atoms with Gasteiger partial charge in [0.05, 0.1) is 10.5 Å². The lowest BCUT2D eigenvalue weighted by Gasteiger charge is -2.11. The molecule has 122 valence electrons. The van der Waals surface area contributed by atoms with Crippen LogP contribution in [-0.4, -0.2) is 34.0 Å². The Morgan fingerprint density at radius 1 is 1.38 bits per heavy atom. The van der Waals surface area contributed by atoms with Gasteiger partial charge in [-0.05, 0) is 18.6 Å². The Kier molecular flexibility index (Phi) is 4.70. The summed E-state index contributed by atoms with van der Waals surface area (Å²) in [5.74, 6) is 0.408. The van der Waals surface area contributed by atoms with Crippen molar-refractivity contribution in [2.75, 3.05) is 24.7 Å². The van der Waals surface area contributed by atoms with E-state index < -0.39 is 4.92 Å². The number of aryl methyl sites for hydroxylation is 1. The van der Waals surface area contributed by atoms with Crippen molar-refractivity contribution < 1.29 is 4.92 Å². The Labute approximate surface area is 138 Å². The number of nitriles is 1. The number of hydrogen-bond acceptors (Lipinski definition) is 8. The maximum atomic E-state index is 11.0. The number of nitro groups is 1. The van der Waals surface area contributed by atoms with Crippen LogP contribution in [0.15, 0.2) is 18.2 Å². The fourth-order valence-electron chi connectivity index (χ4n) is 1.93. The predicted molar refractivity (Wildman–Crippen MR) is 89.9 cm³/mol. The second kappa shape index (κ2) is 6.70. The van der Waals surface area contributed by atoms with Gasteiger partial charge in [-0.2, -0.15) is 20.2 Å². The first-order valence-corrected chi connectivity index (χ1v) is 6.88. The minimum absolute atomic E-state index is 0.0141. The van der Waals surface area contributed by atoms with Crippen LogP contribution in [0.5, 0.6) is 0 Å². The van der Waals surface area contributed by atoms with Gasteiger partial charge in [0.25, 0.3) is 5.69 Å². The highest BCUT2D eigenvalue weighted by Crippen LogP contribution is 2.23. The van der Waals surface area contributed by atoms with Crippen LogP contribution >= 0.6 is 0 Å². The predicted octanol–water partition coefficient (Wildman–Crippen LogP) is 1.80. The molecule has 1 aromatic carbocycles. The van der Waals surface area contributed by atoms with E-state index in [1.165, 1.54) is 12.1 Å². The van der Waals surface area contributed by atoms with E-state index in [2.05, 4.69) is 15.0 Å². The lowest BCUT2D eigenvalue weighted by Crippen LogP contribution is -2.15. The first kappa shape index (κ1) is 16.8. The van der Waals surface area contributed by atoms with E-state index in [1.54, 1.807) is 38.1 Å². The molecular formula is C15H15N7O2. The molecule has 0 aliphatic rings. The maximum Gasteiger partial charge on any atom is 0.272 e. The first-order valence-electron chi connectivity index (χ1n) is 6.88. The molecule has 9 nitrogen and oxygen atoms in total. The fourth-order valence-corrected chi connectivity index (χ4v) is 1.93. The maximum absolute atomic E-state index is 11.0. The molecule has 2 rings (SSSR count). The molecule has 2 N–H and O–H groups in total. The molecule has 1 aromatic heterocycles. The van der Waals surface area contributed by atoms with E-state index in [9.17, 15) is 15.4 Å². The van der Waals surface area contributed by atoms with Gasteiger partial charge in [0, 0.05) is 25.7 Å². The Bertz CT molecular complexity index is 869. The number of allylic oxidation sites excluding steroid dienone is 1. The number of benzene rings is 1. The second-order valence-electron chi connectivity index (χ2n) is 5.18. The number of rotatable bonds is 4. The number of nitrogen functional groups attached to an aromatic ring is 1. The molecule has 1 heterocycles. The number of aromatic nitrogens is 3. The summed E-state index contributed by atoms with van der Waals surface area (Å²) in [6.45, 7) is 1.65. The number of nitrogens with two attached hydrogens (primary N) is 1. The monoisotopic (exact) mass is 325 g/mol. The molecule has 2 aromatic rings. The summed E-state index contributed by atoms with van der Waals surface area (Å²) < 4.78 is 0. The summed E-state index contributed by atoms with van der Waals surface area (Å²) in [7, 11) is 3.47. The average molecular weight is 325 g/mol. The number of anilines is 2. The van der Waals surface area contributed by atoms with Crippen molar-refractivity contribution in [1.29, 1.82) is 5.26 Å². The molecule has 0 saturated carbocycles. The van der Waals surface area contributed by atoms with Crippen LogP contribution in [0.4, 0.5) is 17.6 Å². The van der Waals surface area contributed by atoms with Crippen LogP contribution in [0, 0.1) is 28.4 Å². The van der Waals surface area contributed by atoms with Gasteiger partial charge in [-0.3, -0.25) is 10.1 Å². The van der Waals surface area contributed by atoms with Crippen LogP contribution in [0.1, 0.15) is 17.0 Å². The van der Waals surface area contributed by atoms with Crippen LogP contribution in [0.25, 0.3) is 11.6 Å². The van der Waals surface area contributed by atoms with Crippen molar-refractivity contribution in [3.63, 3.8) is 0 Å². The van der Waals surface area contributed by atoms with Gasteiger partial charge in [-0.25, -0.2) is 0 Å². The summed E-state index contributed by atoms with van der Waals surface area (Å²) >= 11 is 0. The normalized spacial score (nSPS) is 11.0. The largest absolute Gasteiger partial charge is 0.368 e. The smallest absolute Gasteiger partial charge is 0.272 e. The fraction of sp³-hybridized carbons (Fsp3) is 0.200. The van der Waals surface area contributed by atoms with Gasteiger partial charge < -0.3 is 10.6 Å². The molecule has 0 amide bonds. The van der Waals surface area contributed by atoms with Crippen molar-refractivity contribution in [3.05, 3.63) is 45.3 Å². The molecule has 0 radical (unpaired) electrons. The van der Waals surface area contributed by atoms with Crippen LogP contribution < -0.4 is 10.6 Å². The summed E-state index contributed by atoms with van der Waals surface area (Å²) in [6.07, 6.45) is 1.47. The third-order valence-electron chi connectivity index (χ3n) is 3.14. The highest BCUT2D eigenvalue weighted by molar-refractivity contribution is 5.87. The van der Waals surface area contributed by atoms with Gasteiger partial charge >= 0.3 is 0 Å². The Hall–Kier alpha value is -3.54. The molecule has 9 heteroatoms. The van der Waals surface area contributed by atoms with Gasteiger partial charge in [-0.15, -0.1) is 0 Å². The van der Waals surface area contributed by atoms with Gasteiger partial charge in [-0.1, -0.05) is 12.1 Å². The van der Waals surface area contributed by atoms with Crippen molar-refractivity contribution in [3.8, 4) is 6.07 Å². The molecule has 0 spiro atoms. The topological polar surface area (TPSA) is 135 Å². The number of hydrogen-bond donors (Lipinski definition) is 1. The van der Waals surface area contributed by atoms with E-state index in [-0.39, 0.29) is 23.0 Å². The average Bonchev–Trinajstić information content (AvgIpc) is 2.53. The van der Waals surface area contributed by atoms with Gasteiger partial charge in [0.1, 0.15) is 6.07 Å². The van der Waals surface area contributed by atoms with Gasteiger partial charge in [0.2, 0.25) is 11.9 Å². The lowest BCUT2D eigenvalue weighted by atomic mass is 10.1. The highest BCUT2D eigenvalue weighted by Gasteiger charge is 2.13. The summed E-state index contributed by atoms with van der Waals surface area (Å²) in [5.41, 5.74) is 6.79. The minimum atomic E-state index is -0.468. The third-order valence-corrected chi connectivity index (χ3v) is 3.14. The summed E-state index contributed by atoms with van der Waals surface area (Å²) in [5, 5.41) is 20.4. The van der Waals surface area contributed by atoms with E-state index in [1.807, 2.05) is 6.07 Å². The van der Waals surface area contributed by atoms with Crippen molar-refractivity contribution in [2.45, 2.75) is 6.92 Å². The molecule has 0 unspecified atom stereocenters. The molecule has 0 aliphatic heterocycles. The zero-order valence-corrected chi connectivity index (χ0v) is 13.4. The Balaban J connectivity index is 2.53. The standard InChI is InChI=1S/C15H15N7O2/c1-9-4-5-10(7-12(9)22(23)24)6-11(8-16)13-18-14(17)20-15(19-13)21(2)3/h4-7H,1-3H3,(H2,17,18,19,20)/b11-6+. The van der Waals surface area contributed by atoms with Crippen molar-refractivity contribution >= 4 is 29.2 Å². The van der Waals surface area contributed by atoms with Crippen molar-refractivity contribution in [2.24, 2.45) is 0 Å². The summed E-state index contributed by atoms with van der Waals surface area (Å²) in [4.78, 5) is 24.3. The molecule has 0 atom stereocenters. The van der Waals surface area contributed by atoms with E-state index in [0.29, 0.717) is 17.1 Å². The minimum Gasteiger partial charge on any atom is -0.368 e. The van der Waals surface area contributed by atoms with Crippen LogP contribution in [0.2, 0.25) is 0 Å². The van der Waals surface area contributed by atoms with E-state index in [4.69, 9.17) is 5.73 Å². The Morgan fingerprint density at radius 2 is 2.08 bits per heavy atom. The Morgan fingerprint density at radius 3 is 2.67 bits per heavy atom. The highest BCUT2D eigenvalue weighted by atomic mass is 16.6. The molecule has 0 bridgehead atoms. The quantitative estimate of drug-likeness (QED) is 0.510. The lowest BCUT2D eigenvalue weighted by molar-refractivity contribution is -0.385. The zero-order chi connectivity index (χ0) is 17.9. The zero-order valence-electron chi connectivity index (χ0n) is 13.4. The molecule has 0 saturated heterocycles. The third kappa shape index (κ3) is 3.61. The van der Waals surface area contributed by atoms with Crippen LogP contribution in [0.3, 0.4) is 0 Å².